The predicted octanol–water partition coefficient (Wildman–Crippen LogP) is 2.47. The van der Waals surface area contributed by atoms with Crippen LogP contribution in [0.3, 0.4) is 0 Å². The fourth-order valence-electron chi connectivity index (χ4n) is 5.77. The van der Waals surface area contributed by atoms with Gasteiger partial charge in [-0.25, -0.2) is 0 Å². The Morgan fingerprint density at radius 1 is 1.03 bits per heavy atom. The van der Waals surface area contributed by atoms with Crippen molar-refractivity contribution in [2.75, 3.05) is 13.2 Å². The Hall–Kier alpha value is -2.76. The molecule has 5 aliphatic rings. The van der Waals surface area contributed by atoms with Gasteiger partial charge >= 0.3 is 5.97 Å². The highest BCUT2D eigenvalue weighted by molar-refractivity contribution is 6.06. The molecule has 6 nitrogen and oxygen atoms in total. The number of benzene rings is 1. The normalized spacial score (nSPS) is 32.8. The SMILES string of the molecule is Cc1ccc(C)c(C(=O)COC(=O)CCN2C(=O)[C@@H]3[C@H]4C=C[C@@H]([C@@H]5C[C@@H]45)[C@H]3C2=O)c1. The van der Waals surface area contributed by atoms with Gasteiger partial charge in [0.15, 0.2) is 6.61 Å². The summed E-state index contributed by atoms with van der Waals surface area (Å²) in [5.41, 5.74) is 2.33. The molecule has 2 bridgehead atoms. The third-order valence-corrected chi connectivity index (χ3v) is 7.35. The molecule has 1 aromatic rings. The van der Waals surface area contributed by atoms with Crippen molar-refractivity contribution in [2.24, 2.45) is 35.5 Å². The lowest BCUT2D eigenvalue weighted by Crippen LogP contribution is -2.40. The first-order valence-electron chi connectivity index (χ1n) is 10.7. The fraction of sp³-hybridized carbons (Fsp3) is 0.500. The van der Waals surface area contributed by atoms with Crippen molar-refractivity contribution in [3.05, 3.63) is 47.0 Å². The topological polar surface area (TPSA) is 80.8 Å². The molecule has 1 saturated heterocycles. The quantitative estimate of drug-likeness (QED) is 0.313. The molecular weight excluding hydrogens is 382 g/mol. The molecule has 2 amide bonds. The van der Waals surface area contributed by atoms with Crippen molar-refractivity contribution in [2.45, 2.75) is 26.7 Å². The van der Waals surface area contributed by atoms with Crippen LogP contribution in [-0.2, 0) is 19.1 Å². The van der Waals surface area contributed by atoms with Gasteiger partial charge in [0.05, 0.1) is 18.3 Å². The Bertz CT molecular complexity index is 959. The molecule has 0 N–H and O–H groups in total. The number of esters is 1. The number of carbonyl (C=O) groups excluding carboxylic acids is 4. The molecule has 0 aromatic heterocycles. The van der Waals surface area contributed by atoms with Crippen LogP contribution in [0.1, 0.15) is 34.3 Å². The van der Waals surface area contributed by atoms with Crippen molar-refractivity contribution in [1.82, 2.24) is 4.90 Å². The van der Waals surface area contributed by atoms with Crippen molar-refractivity contribution in [3.8, 4) is 0 Å². The Morgan fingerprint density at radius 2 is 1.67 bits per heavy atom. The van der Waals surface area contributed by atoms with Gasteiger partial charge in [0, 0.05) is 12.1 Å². The number of carbonyl (C=O) groups is 4. The molecular formula is C24H25NO5. The monoisotopic (exact) mass is 407 g/mol. The largest absolute Gasteiger partial charge is 0.457 e. The van der Waals surface area contributed by atoms with Gasteiger partial charge in [-0.1, -0.05) is 29.8 Å². The highest BCUT2D eigenvalue weighted by Gasteiger charge is 2.66. The standard InChI is InChI=1S/C24H25NO5/c1-12-3-4-13(2)16(9-12)19(26)11-30-20(27)7-8-25-23(28)21-14-5-6-15(18-10-17(14)18)22(21)24(25)29/h3-6,9,14-15,17-18,21-22H,7-8,10-11H2,1-2H3/t14-,15-,17-,18-,21+,22+/m0/s1. The Labute approximate surface area is 175 Å². The van der Waals surface area contributed by atoms with Crippen LogP contribution >= 0.6 is 0 Å². The van der Waals surface area contributed by atoms with E-state index in [4.69, 9.17) is 4.74 Å². The molecule has 6 heteroatoms. The first kappa shape index (κ1) is 19.2. The highest BCUT2D eigenvalue weighted by atomic mass is 16.5. The van der Waals surface area contributed by atoms with E-state index in [2.05, 4.69) is 12.2 Å². The van der Waals surface area contributed by atoms with Crippen molar-refractivity contribution >= 4 is 23.6 Å². The highest BCUT2D eigenvalue weighted by Crippen LogP contribution is 2.65. The molecule has 156 valence electrons. The predicted molar refractivity (Wildman–Crippen MR) is 107 cm³/mol. The lowest BCUT2D eigenvalue weighted by molar-refractivity contribution is -0.145. The van der Waals surface area contributed by atoms with Gasteiger partial charge in [-0.05, 0) is 55.6 Å². The Morgan fingerprint density at radius 3 is 2.30 bits per heavy atom. The zero-order valence-corrected chi connectivity index (χ0v) is 17.2. The minimum absolute atomic E-state index is 0.0237. The third-order valence-electron chi connectivity index (χ3n) is 7.35. The van der Waals surface area contributed by atoms with E-state index in [-0.39, 0.29) is 60.8 Å². The first-order valence-corrected chi connectivity index (χ1v) is 10.7. The zero-order valence-electron chi connectivity index (χ0n) is 17.2. The number of likely N-dealkylation sites (tertiary alicyclic amines) is 1. The van der Waals surface area contributed by atoms with Gasteiger partial charge in [0.25, 0.3) is 0 Å². The molecule has 2 saturated carbocycles. The maximum absolute atomic E-state index is 12.9. The average Bonchev–Trinajstić information content (AvgIpc) is 3.51. The number of rotatable bonds is 6. The van der Waals surface area contributed by atoms with Crippen molar-refractivity contribution < 1.29 is 23.9 Å². The van der Waals surface area contributed by atoms with Gasteiger partial charge in [-0.3, -0.25) is 24.1 Å². The van der Waals surface area contributed by atoms with E-state index in [1.54, 1.807) is 6.07 Å². The number of aryl methyl sites for hydroxylation is 2. The number of imide groups is 1. The summed E-state index contributed by atoms with van der Waals surface area (Å²) in [6, 6.07) is 5.56. The van der Waals surface area contributed by atoms with Crippen LogP contribution in [0.5, 0.6) is 0 Å². The summed E-state index contributed by atoms with van der Waals surface area (Å²) in [7, 11) is 0. The van der Waals surface area contributed by atoms with E-state index >= 15 is 0 Å². The van der Waals surface area contributed by atoms with E-state index in [1.165, 1.54) is 4.90 Å². The number of Topliss-reactive ketones (excluding diaryl/α,β-unsaturated/α-hetero) is 1. The van der Waals surface area contributed by atoms with Gasteiger partial charge in [0.2, 0.25) is 17.6 Å². The third kappa shape index (κ3) is 2.92. The number of ether oxygens (including phenoxy) is 1. The second kappa shape index (κ2) is 6.89. The summed E-state index contributed by atoms with van der Waals surface area (Å²) >= 11 is 0. The minimum Gasteiger partial charge on any atom is -0.457 e. The smallest absolute Gasteiger partial charge is 0.308 e. The van der Waals surface area contributed by atoms with E-state index < -0.39 is 5.97 Å². The average molecular weight is 407 g/mol. The molecule has 0 spiro atoms. The molecule has 6 rings (SSSR count). The number of allylic oxidation sites excluding steroid dienone is 2. The number of ketones is 1. The second-order valence-corrected chi connectivity index (χ2v) is 9.13. The summed E-state index contributed by atoms with van der Waals surface area (Å²) in [6.45, 7) is 3.42. The molecule has 0 radical (unpaired) electrons. The van der Waals surface area contributed by atoms with Crippen LogP contribution in [0, 0.1) is 49.4 Å². The first-order chi connectivity index (χ1) is 14.4. The minimum atomic E-state index is -0.576. The summed E-state index contributed by atoms with van der Waals surface area (Å²) < 4.78 is 5.13. The Balaban J connectivity index is 1.17. The molecule has 1 heterocycles. The maximum Gasteiger partial charge on any atom is 0.308 e. The van der Waals surface area contributed by atoms with Crippen LogP contribution < -0.4 is 0 Å². The van der Waals surface area contributed by atoms with Gasteiger partial charge in [0.1, 0.15) is 0 Å². The van der Waals surface area contributed by atoms with Gasteiger partial charge in [-0.2, -0.15) is 0 Å². The molecule has 6 atom stereocenters. The van der Waals surface area contributed by atoms with Crippen LogP contribution in [0.15, 0.2) is 30.4 Å². The Kier molecular flexibility index (Phi) is 4.42. The molecule has 1 aromatic carbocycles. The van der Waals surface area contributed by atoms with E-state index in [0.29, 0.717) is 17.4 Å². The van der Waals surface area contributed by atoms with E-state index in [0.717, 1.165) is 17.5 Å². The van der Waals surface area contributed by atoms with Crippen LogP contribution in [-0.4, -0.2) is 41.6 Å². The van der Waals surface area contributed by atoms with Crippen LogP contribution in [0.2, 0.25) is 0 Å². The number of hydrogen-bond donors (Lipinski definition) is 0. The second-order valence-electron chi connectivity index (χ2n) is 9.13. The maximum atomic E-state index is 12.9. The molecule has 4 aliphatic carbocycles. The van der Waals surface area contributed by atoms with Gasteiger partial charge < -0.3 is 4.74 Å². The number of amides is 2. The van der Waals surface area contributed by atoms with Crippen LogP contribution in [0.4, 0.5) is 0 Å². The molecule has 3 fully saturated rings. The summed E-state index contributed by atoms with van der Waals surface area (Å²) in [5, 5.41) is 0. The lowest BCUT2D eigenvalue weighted by Gasteiger charge is -2.37. The zero-order chi connectivity index (χ0) is 21.2. The lowest BCUT2D eigenvalue weighted by atomic mass is 9.63. The molecule has 0 unspecified atom stereocenters. The number of hydrogen-bond acceptors (Lipinski definition) is 5. The van der Waals surface area contributed by atoms with E-state index in [1.807, 2.05) is 26.0 Å². The molecule has 1 aliphatic heterocycles. The summed E-state index contributed by atoms with van der Waals surface area (Å²) in [5.74, 6) is -0.168. The van der Waals surface area contributed by atoms with Crippen molar-refractivity contribution in [1.29, 1.82) is 0 Å². The summed E-state index contributed by atoms with van der Waals surface area (Å²) in [6.07, 6.45) is 5.28. The van der Waals surface area contributed by atoms with Gasteiger partial charge in [-0.15, -0.1) is 0 Å². The van der Waals surface area contributed by atoms with Crippen molar-refractivity contribution in [3.63, 3.8) is 0 Å². The van der Waals surface area contributed by atoms with Crippen LogP contribution in [0.25, 0.3) is 0 Å². The fourth-order valence-corrected chi connectivity index (χ4v) is 5.77. The number of nitrogens with zero attached hydrogens (tertiary/aromatic N) is 1. The van der Waals surface area contributed by atoms with E-state index in [9.17, 15) is 19.2 Å². The summed E-state index contributed by atoms with van der Waals surface area (Å²) in [4.78, 5) is 51.6. The molecule has 30 heavy (non-hydrogen) atoms.